The molecule has 2 N–H and O–H groups in total. The Kier molecular flexibility index (Phi) is 6.90. The number of carbonyl (C=O) groups is 1. The molecule has 0 fully saturated rings. The number of halogens is 1. The standard InChI is InChI=1S/C18H21ClN2O3/c1-13-6-7-14(19)10-17(13)20-12-18(22)21-15-4-3-5-16(11-15)24-9-8-23-2/h3-7,10-11,20H,8-9,12H2,1-2H3,(H,21,22). The van der Waals surface area contributed by atoms with Crippen LogP contribution >= 0.6 is 11.6 Å². The van der Waals surface area contributed by atoms with E-state index in [4.69, 9.17) is 21.1 Å². The van der Waals surface area contributed by atoms with E-state index in [1.807, 2.05) is 37.3 Å². The molecule has 0 atom stereocenters. The Hall–Kier alpha value is -2.24. The zero-order valence-electron chi connectivity index (χ0n) is 13.8. The second-order valence-electron chi connectivity index (χ2n) is 5.23. The van der Waals surface area contributed by atoms with Crippen molar-refractivity contribution >= 4 is 28.9 Å². The molecule has 0 unspecified atom stereocenters. The van der Waals surface area contributed by atoms with Gasteiger partial charge in [0.15, 0.2) is 0 Å². The number of amides is 1. The number of rotatable bonds is 8. The molecule has 0 heterocycles. The van der Waals surface area contributed by atoms with E-state index in [1.54, 1.807) is 19.2 Å². The summed E-state index contributed by atoms with van der Waals surface area (Å²) in [7, 11) is 1.62. The lowest BCUT2D eigenvalue weighted by molar-refractivity contribution is -0.114. The smallest absolute Gasteiger partial charge is 0.243 e. The molecule has 0 spiro atoms. The Morgan fingerprint density at radius 2 is 2.00 bits per heavy atom. The highest BCUT2D eigenvalue weighted by Crippen LogP contribution is 2.20. The fourth-order valence-corrected chi connectivity index (χ4v) is 2.24. The molecule has 24 heavy (non-hydrogen) atoms. The van der Waals surface area contributed by atoms with E-state index in [-0.39, 0.29) is 12.5 Å². The Balaban J connectivity index is 1.88. The third-order valence-electron chi connectivity index (χ3n) is 3.31. The molecule has 2 aromatic carbocycles. The van der Waals surface area contributed by atoms with E-state index >= 15 is 0 Å². The predicted octanol–water partition coefficient (Wildman–Crippen LogP) is 3.72. The molecule has 0 bridgehead atoms. The average molecular weight is 349 g/mol. The first-order valence-electron chi connectivity index (χ1n) is 7.60. The van der Waals surface area contributed by atoms with Crippen LogP contribution < -0.4 is 15.4 Å². The van der Waals surface area contributed by atoms with E-state index in [2.05, 4.69) is 10.6 Å². The van der Waals surface area contributed by atoms with Gasteiger partial charge in [-0.3, -0.25) is 4.79 Å². The summed E-state index contributed by atoms with van der Waals surface area (Å²) in [5.41, 5.74) is 2.55. The summed E-state index contributed by atoms with van der Waals surface area (Å²) < 4.78 is 10.5. The monoisotopic (exact) mass is 348 g/mol. The van der Waals surface area contributed by atoms with Gasteiger partial charge in [0.2, 0.25) is 5.91 Å². The fourth-order valence-electron chi connectivity index (χ4n) is 2.07. The van der Waals surface area contributed by atoms with Crippen LogP contribution in [0.4, 0.5) is 11.4 Å². The first-order valence-corrected chi connectivity index (χ1v) is 7.98. The van der Waals surface area contributed by atoms with Gasteiger partial charge in [0.25, 0.3) is 0 Å². The van der Waals surface area contributed by atoms with Crippen LogP contribution in [0.5, 0.6) is 5.75 Å². The first kappa shape index (κ1) is 18.1. The van der Waals surface area contributed by atoms with Gasteiger partial charge in [-0.05, 0) is 36.8 Å². The third-order valence-corrected chi connectivity index (χ3v) is 3.55. The van der Waals surface area contributed by atoms with Crippen LogP contribution in [-0.4, -0.2) is 32.8 Å². The normalized spacial score (nSPS) is 10.3. The second-order valence-corrected chi connectivity index (χ2v) is 5.67. The van der Waals surface area contributed by atoms with Crippen LogP contribution in [-0.2, 0) is 9.53 Å². The first-order chi connectivity index (χ1) is 11.6. The van der Waals surface area contributed by atoms with E-state index in [0.717, 1.165) is 11.3 Å². The molecule has 1 amide bonds. The summed E-state index contributed by atoms with van der Waals surface area (Å²) in [6.45, 7) is 3.08. The summed E-state index contributed by atoms with van der Waals surface area (Å²) in [5.74, 6) is 0.534. The summed E-state index contributed by atoms with van der Waals surface area (Å²) in [5, 5.41) is 6.55. The maximum Gasteiger partial charge on any atom is 0.243 e. The SMILES string of the molecule is COCCOc1cccc(NC(=O)CNc2cc(Cl)ccc2C)c1. The largest absolute Gasteiger partial charge is 0.491 e. The highest BCUT2D eigenvalue weighted by atomic mass is 35.5. The molecule has 2 rings (SSSR count). The maximum atomic E-state index is 12.1. The zero-order valence-corrected chi connectivity index (χ0v) is 14.5. The molecular weight excluding hydrogens is 328 g/mol. The number of anilines is 2. The molecule has 6 heteroatoms. The Morgan fingerprint density at radius 1 is 1.17 bits per heavy atom. The lowest BCUT2D eigenvalue weighted by atomic mass is 10.2. The van der Waals surface area contributed by atoms with Crippen LogP contribution in [0.3, 0.4) is 0 Å². The molecule has 0 radical (unpaired) electrons. The second kappa shape index (κ2) is 9.15. The molecule has 0 aliphatic rings. The number of carbonyl (C=O) groups excluding carboxylic acids is 1. The molecule has 0 aliphatic carbocycles. The Bertz CT molecular complexity index is 692. The van der Waals surface area contributed by atoms with Crippen molar-refractivity contribution in [3.05, 3.63) is 53.1 Å². The van der Waals surface area contributed by atoms with Gasteiger partial charge in [0.1, 0.15) is 12.4 Å². The molecular formula is C18H21ClN2O3. The molecule has 2 aromatic rings. The van der Waals surface area contributed by atoms with E-state index < -0.39 is 0 Å². The lowest BCUT2D eigenvalue weighted by Crippen LogP contribution is -2.22. The number of methoxy groups -OCH3 is 1. The molecule has 0 saturated heterocycles. The topological polar surface area (TPSA) is 59.6 Å². The van der Waals surface area contributed by atoms with Gasteiger partial charge in [0, 0.05) is 29.6 Å². The number of hydrogen-bond acceptors (Lipinski definition) is 4. The lowest BCUT2D eigenvalue weighted by Gasteiger charge is -2.11. The molecule has 0 aliphatic heterocycles. The number of nitrogens with one attached hydrogen (secondary N) is 2. The average Bonchev–Trinajstić information content (AvgIpc) is 2.56. The van der Waals surface area contributed by atoms with Gasteiger partial charge < -0.3 is 20.1 Å². The minimum atomic E-state index is -0.150. The van der Waals surface area contributed by atoms with Crippen molar-refractivity contribution in [2.24, 2.45) is 0 Å². The van der Waals surface area contributed by atoms with Crippen LogP contribution in [0, 0.1) is 6.92 Å². The van der Waals surface area contributed by atoms with Crippen molar-refractivity contribution in [2.75, 3.05) is 37.5 Å². The summed E-state index contributed by atoms with van der Waals surface area (Å²) in [4.78, 5) is 12.1. The molecule has 5 nitrogen and oxygen atoms in total. The molecule has 128 valence electrons. The quantitative estimate of drug-likeness (QED) is 0.714. The third kappa shape index (κ3) is 5.76. The number of benzene rings is 2. The molecule has 0 saturated carbocycles. The van der Waals surface area contributed by atoms with E-state index in [1.165, 1.54) is 0 Å². The number of ether oxygens (including phenoxy) is 2. The van der Waals surface area contributed by atoms with Crippen molar-refractivity contribution in [3.63, 3.8) is 0 Å². The summed E-state index contributed by atoms with van der Waals surface area (Å²) >= 11 is 5.97. The van der Waals surface area contributed by atoms with Gasteiger partial charge in [-0.2, -0.15) is 0 Å². The van der Waals surface area contributed by atoms with Gasteiger partial charge >= 0.3 is 0 Å². The predicted molar refractivity (Wildman–Crippen MR) is 97.1 cm³/mol. The van der Waals surface area contributed by atoms with Crippen molar-refractivity contribution in [1.82, 2.24) is 0 Å². The van der Waals surface area contributed by atoms with Crippen molar-refractivity contribution < 1.29 is 14.3 Å². The van der Waals surface area contributed by atoms with Gasteiger partial charge in [0.05, 0.1) is 13.2 Å². The van der Waals surface area contributed by atoms with Crippen molar-refractivity contribution in [1.29, 1.82) is 0 Å². The minimum absolute atomic E-state index is 0.149. The van der Waals surface area contributed by atoms with Crippen LogP contribution in [0.1, 0.15) is 5.56 Å². The van der Waals surface area contributed by atoms with Crippen LogP contribution in [0.25, 0.3) is 0 Å². The highest BCUT2D eigenvalue weighted by Gasteiger charge is 2.05. The zero-order chi connectivity index (χ0) is 17.4. The summed E-state index contributed by atoms with van der Waals surface area (Å²) in [6, 6.07) is 12.8. The minimum Gasteiger partial charge on any atom is -0.491 e. The van der Waals surface area contributed by atoms with E-state index in [9.17, 15) is 4.79 Å². The molecule has 0 aromatic heterocycles. The highest BCUT2D eigenvalue weighted by molar-refractivity contribution is 6.30. The Morgan fingerprint density at radius 3 is 2.79 bits per heavy atom. The van der Waals surface area contributed by atoms with Gasteiger partial charge in [-0.15, -0.1) is 0 Å². The van der Waals surface area contributed by atoms with E-state index in [0.29, 0.717) is 29.7 Å². The van der Waals surface area contributed by atoms with Crippen molar-refractivity contribution in [3.8, 4) is 5.75 Å². The van der Waals surface area contributed by atoms with Crippen LogP contribution in [0.15, 0.2) is 42.5 Å². The number of aryl methyl sites for hydroxylation is 1. The Labute approximate surface area is 146 Å². The van der Waals surface area contributed by atoms with Gasteiger partial charge in [-0.25, -0.2) is 0 Å². The fraction of sp³-hybridized carbons (Fsp3) is 0.278. The van der Waals surface area contributed by atoms with Crippen LogP contribution in [0.2, 0.25) is 5.02 Å². The van der Waals surface area contributed by atoms with Crippen molar-refractivity contribution in [2.45, 2.75) is 6.92 Å². The summed E-state index contributed by atoms with van der Waals surface area (Å²) in [6.07, 6.45) is 0. The maximum absolute atomic E-state index is 12.1. The number of hydrogen-bond donors (Lipinski definition) is 2. The van der Waals surface area contributed by atoms with Gasteiger partial charge in [-0.1, -0.05) is 23.7 Å².